The molecular weight excluding hydrogens is 566 g/mol. The van der Waals surface area contributed by atoms with Crippen molar-refractivity contribution >= 4 is 53.6 Å². The van der Waals surface area contributed by atoms with Gasteiger partial charge in [0.05, 0.1) is 0 Å². The molecule has 17 heteroatoms. The molecule has 1 N–H and O–H groups in total. The van der Waals surface area contributed by atoms with E-state index in [9.17, 15) is 38.4 Å². The van der Waals surface area contributed by atoms with Crippen LogP contribution in [0.2, 0.25) is 0 Å². The predicted molar refractivity (Wildman–Crippen MR) is 136 cm³/mol. The third-order valence-corrected chi connectivity index (χ3v) is 5.52. The maximum atomic E-state index is 12.6. The Kier molecular flexibility index (Phi) is 13.0. The van der Waals surface area contributed by atoms with E-state index in [1.54, 1.807) is 0 Å². The lowest BCUT2D eigenvalue weighted by Crippen LogP contribution is -2.45. The number of nitrogens with one attached hydrogen (secondary N) is 1. The molecule has 6 atom stereocenters. The number of nitrogens with zero attached hydrogens (tertiary/aromatic N) is 2. The fraction of sp³-hybridized carbons (Fsp3) is 0.640. The molecule has 0 unspecified atom stereocenters. The van der Waals surface area contributed by atoms with Gasteiger partial charge in [-0.1, -0.05) is 0 Å². The molecular formula is C25H35N3O14. The van der Waals surface area contributed by atoms with Crippen LogP contribution in [0.1, 0.15) is 55.4 Å². The van der Waals surface area contributed by atoms with Gasteiger partial charge in [0.15, 0.2) is 36.6 Å². The SMILES string of the molecule is CC(=O)O[C@H](C)C(=O)O[C@H](C)C(=O)O[C@H](C)C(=O)O[C@H](C)C(=O)O[C@H](C)C(=O)O[C@H](C)C(=O)N1CCN(C(C)=O)C1=N. The van der Waals surface area contributed by atoms with Crippen LogP contribution < -0.4 is 0 Å². The molecule has 1 rings (SSSR count). The van der Waals surface area contributed by atoms with Crippen molar-refractivity contribution in [2.24, 2.45) is 0 Å². The van der Waals surface area contributed by atoms with E-state index < -0.39 is 84.3 Å². The molecule has 0 aromatic carbocycles. The Morgan fingerprint density at radius 2 is 0.810 bits per heavy atom. The molecule has 0 radical (unpaired) electrons. The average Bonchev–Trinajstić information content (AvgIpc) is 3.28. The highest BCUT2D eigenvalue weighted by Gasteiger charge is 2.37. The summed E-state index contributed by atoms with van der Waals surface area (Å²) in [5.74, 6) is -7.86. The Hall–Kier alpha value is -4.57. The Labute approximate surface area is 241 Å². The van der Waals surface area contributed by atoms with Crippen molar-refractivity contribution in [3.8, 4) is 0 Å². The van der Waals surface area contributed by atoms with Crippen LogP contribution in [0.3, 0.4) is 0 Å². The van der Waals surface area contributed by atoms with Gasteiger partial charge in [-0.15, -0.1) is 0 Å². The number of amides is 2. The molecule has 0 aromatic heterocycles. The topological polar surface area (TPSA) is 222 Å². The minimum atomic E-state index is -1.56. The van der Waals surface area contributed by atoms with Crippen LogP contribution in [0, 0.1) is 5.41 Å². The number of rotatable bonds is 12. The van der Waals surface area contributed by atoms with Crippen LogP contribution in [0.5, 0.6) is 0 Å². The van der Waals surface area contributed by atoms with E-state index in [2.05, 4.69) is 4.74 Å². The van der Waals surface area contributed by atoms with Crippen molar-refractivity contribution in [2.45, 2.75) is 92.0 Å². The Bertz CT molecular complexity index is 1120. The first-order valence-electron chi connectivity index (χ1n) is 12.7. The summed E-state index contributed by atoms with van der Waals surface area (Å²) in [6.07, 6.45) is -8.76. The lowest BCUT2D eigenvalue weighted by atomic mass is 10.3. The number of carbonyl (C=O) groups excluding carboxylic acids is 8. The summed E-state index contributed by atoms with van der Waals surface area (Å²) in [6.45, 7) is 9.51. The van der Waals surface area contributed by atoms with E-state index in [-0.39, 0.29) is 19.0 Å². The van der Waals surface area contributed by atoms with Crippen molar-refractivity contribution in [1.82, 2.24) is 9.80 Å². The maximum Gasteiger partial charge on any atom is 0.347 e. The third kappa shape index (κ3) is 10.1. The van der Waals surface area contributed by atoms with Gasteiger partial charge in [-0.25, -0.2) is 24.0 Å². The summed E-state index contributed by atoms with van der Waals surface area (Å²) in [7, 11) is 0. The highest BCUT2D eigenvalue weighted by Crippen LogP contribution is 2.13. The zero-order valence-electron chi connectivity index (χ0n) is 24.5. The number of guanidine groups is 1. The molecule has 0 aliphatic carbocycles. The lowest BCUT2D eigenvalue weighted by molar-refractivity contribution is -0.187. The first-order chi connectivity index (χ1) is 19.4. The van der Waals surface area contributed by atoms with E-state index in [1.807, 2.05) is 0 Å². The molecule has 1 aliphatic heterocycles. The van der Waals surface area contributed by atoms with Crippen molar-refractivity contribution in [1.29, 1.82) is 5.41 Å². The minimum absolute atomic E-state index is 0.0413. The van der Waals surface area contributed by atoms with Gasteiger partial charge in [-0.2, -0.15) is 0 Å². The van der Waals surface area contributed by atoms with Crippen molar-refractivity contribution in [3.63, 3.8) is 0 Å². The lowest BCUT2D eigenvalue weighted by Gasteiger charge is -2.23. The van der Waals surface area contributed by atoms with E-state index in [0.29, 0.717) is 0 Å². The van der Waals surface area contributed by atoms with Crippen molar-refractivity contribution in [2.75, 3.05) is 13.1 Å². The minimum Gasteiger partial charge on any atom is -0.451 e. The van der Waals surface area contributed by atoms with Crippen LogP contribution in [0.25, 0.3) is 0 Å². The van der Waals surface area contributed by atoms with Gasteiger partial charge in [0.25, 0.3) is 5.91 Å². The summed E-state index contributed by atoms with van der Waals surface area (Å²) in [5.41, 5.74) is 0. The van der Waals surface area contributed by atoms with Gasteiger partial charge >= 0.3 is 35.8 Å². The Morgan fingerprint density at radius 1 is 0.524 bits per heavy atom. The van der Waals surface area contributed by atoms with Gasteiger partial charge < -0.3 is 28.4 Å². The van der Waals surface area contributed by atoms with Crippen LogP contribution in [-0.2, 0) is 66.8 Å². The van der Waals surface area contributed by atoms with Gasteiger partial charge in [0.2, 0.25) is 11.9 Å². The first-order valence-corrected chi connectivity index (χ1v) is 12.7. The van der Waals surface area contributed by atoms with E-state index in [4.69, 9.17) is 29.1 Å². The molecule has 0 saturated carbocycles. The molecule has 234 valence electrons. The predicted octanol–water partition coefficient (Wildman–Crippen LogP) is -0.778. The largest absolute Gasteiger partial charge is 0.451 e. The van der Waals surface area contributed by atoms with Crippen molar-refractivity contribution in [3.05, 3.63) is 0 Å². The second kappa shape index (κ2) is 15.4. The van der Waals surface area contributed by atoms with Gasteiger partial charge in [-0.3, -0.25) is 29.6 Å². The summed E-state index contributed by atoms with van der Waals surface area (Å²) in [5, 5.41) is 7.93. The highest BCUT2D eigenvalue weighted by molar-refractivity contribution is 6.05. The Morgan fingerprint density at radius 3 is 1.10 bits per heavy atom. The highest BCUT2D eigenvalue weighted by atomic mass is 16.6. The molecule has 1 heterocycles. The second-order valence-corrected chi connectivity index (χ2v) is 9.13. The molecule has 1 aliphatic rings. The average molecular weight is 602 g/mol. The zero-order valence-corrected chi connectivity index (χ0v) is 24.5. The van der Waals surface area contributed by atoms with Crippen LogP contribution in [-0.4, -0.2) is 113 Å². The molecule has 1 fully saturated rings. The number of hydrogen-bond donors (Lipinski definition) is 1. The molecule has 42 heavy (non-hydrogen) atoms. The monoisotopic (exact) mass is 601 g/mol. The van der Waals surface area contributed by atoms with Crippen LogP contribution in [0.15, 0.2) is 0 Å². The van der Waals surface area contributed by atoms with Gasteiger partial charge in [0, 0.05) is 26.9 Å². The molecule has 0 aromatic rings. The summed E-state index contributed by atoms with van der Waals surface area (Å²) in [4.78, 5) is 98.0. The standard InChI is InChI=1S/C25H35N3O14/c1-11(19(31)28-10-9-27(17(7)29)25(28)26)38-21(33)13(3)40-23(35)15(5)42-24(36)16(6)41-22(34)14(4)39-20(32)12(2)37-18(8)30/h11-16,26H,9-10H2,1-8H3/t11-,12-,13-,14-,15-,16-/m1/s1. The van der Waals surface area contributed by atoms with E-state index >= 15 is 0 Å². The number of ether oxygens (including phenoxy) is 6. The van der Waals surface area contributed by atoms with Gasteiger partial charge in [-0.05, 0) is 41.5 Å². The molecule has 17 nitrogen and oxygen atoms in total. The fourth-order valence-corrected chi connectivity index (χ4v) is 3.19. The van der Waals surface area contributed by atoms with Gasteiger partial charge in [0.1, 0.15) is 0 Å². The quantitative estimate of drug-likeness (QED) is 0.214. The maximum absolute atomic E-state index is 12.6. The molecule has 2 amide bonds. The first kappa shape index (κ1) is 35.5. The number of esters is 6. The molecule has 0 bridgehead atoms. The molecule has 0 spiro atoms. The van der Waals surface area contributed by atoms with Crippen LogP contribution >= 0.6 is 0 Å². The smallest absolute Gasteiger partial charge is 0.347 e. The normalized spacial score (nSPS) is 17.0. The third-order valence-electron chi connectivity index (χ3n) is 5.52. The summed E-state index contributed by atoms with van der Waals surface area (Å²) < 4.78 is 29.2. The zero-order chi connectivity index (χ0) is 32.5. The van der Waals surface area contributed by atoms with E-state index in [1.165, 1.54) is 20.8 Å². The summed E-state index contributed by atoms with van der Waals surface area (Å²) in [6, 6.07) is 0. The number of carbonyl (C=O) groups is 8. The molecule has 1 saturated heterocycles. The van der Waals surface area contributed by atoms with Crippen molar-refractivity contribution < 1.29 is 66.8 Å². The Balaban J connectivity index is 2.56. The number of hydrogen-bond acceptors (Lipinski definition) is 15. The second-order valence-electron chi connectivity index (χ2n) is 9.13. The fourth-order valence-electron chi connectivity index (χ4n) is 3.19. The van der Waals surface area contributed by atoms with E-state index in [0.717, 1.165) is 44.4 Å². The van der Waals surface area contributed by atoms with Crippen LogP contribution in [0.4, 0.5) is 0 Å². The summed E-state index contributed by atoms with van der Waals surface area (Å²) >= 11 is 0.